The van der Waals surface area contributed by atoms with Crippen molar-refractivity contribution in [3.63, 3.8) is 0 Å². The molecule has 3 nitrogen and oxygen atoms in total. The molecule has 2 atom stereocenters. The molecule has 0 spiro atoms. The monoisotopic (exact) mass is 502 g/mol. The second-order valence-corrected chi connectivity index (χ2v) is 9.34. The van der Waals surface area contributed by atoms with Gasteiger partial charge in [0, 0.05) is 34.1 Å². The lowest BCUT2D eigenvalue weighted by molar-refractivity contribution is 0.288. The van der Waals surface area contributed by atoms with Crippen LogP contribution in [0.4, 0.5) is 8.78 Å². The van der Waals surface area contributed by atoms with Gasteiger partial charge in [0.15, 0.2) is 0 Å². The predicted molar refractivity (Wildman–Crippen MR) is 139 cm³/mol. The number of nitrogens with one attached hydrogen (secondary N) is 1. The first kappa shape index (κ1) is 24.0. The highest BCUT2D eigenvalue weighted by Crippen LogP contribution is 2.29. The Hall–Kier alpha value is -3.70. The van der Waals surface area contributed by atoms with E-state index >= 15 is 4.39 Å². The summed E-state index contributed by atoms with van der Waals surface area (Å²) in [6.45, 7) is -0.00607. The third kappa shape index (κ3) is 5.74. The second kappa shape index (κ2) is 10.9. The largest absolute Gasteiger partial charge is 0.473 e. The number of allylic oxidation sites excluding steroid dienone is 4. The van der Waals surface area contributed by atoms with Crippen LogP contribution in [0.1, 0.15) is 16.8 Å². The van der Waals surface area contributed by atoms with E-state index in [2.05, 4.69) is 40.3 Å². The highest BCUT2D eigenvalue weighted by molar-refractivity contribution is 6.30. The zero-order chi connectivity index (χ0) is 24.9. The van der Waals surface area contributed by atoms with Crippen molar-refractivity contribution in [1.82, 2.24) is 9.97 Å². The van der Waals surface area contributed by atoms with Crippen LogP contribution in [0.3, 0.4) is 0 Å². The van der Waals surface area contributed by atoms with Gasteiger partial charge in [-0.1, -0.05) is 54.1 Å². The summed E-state index contributed by atoms with van der Waals surface area (Å²) in [6.07, 6.45) is 12.2. The maximum Gasteiger partial charge on any atom is 0.214 e. The fourth-order valence-electron chi connectivity index (χ4n) is 4.49. The van der Waals surface area contributed by atoms with Crippen molar-refractivity contribution in [2.75, 3.05) is 0 Å². The van der Waals surface area contributed by atoms with Crippen LogP contribution in [-0.4, -0.2) is 9.97 Å². The van der Waals surface area contributed by atoms with E-state index in [1.54, 1.807) is 42.5 Å². The van der Waals surface area contributed by atoms with Gasteiger partial charge in [-0.2, -0.15) is 0 Å². The van der Waals surface area contributed by atoms with E-state index in [4.69, 9.17) is 16.3 Å². The summed E-state index contributed by atoms with van der Waals surface area (Å²) in [5.41, 5.74) is 3.34. The Morgan fingerprint density at radius 3 is 2.44 bits per heavy atom. The van der Waals surface area contributed by atoms with Gasteiger partial charge in [0.05, 0.1) is 5.69 Å². The predicted octanol–water partition coefficient (Wildman–Crippen LogP) is 7.73. The van der Waals surface area contributed by atoms with Crippen LogP contribution < -0.4 is 4.74 Å². The van der Waals surface area contributed by atoms with E-state index in [9.17, 15) is 4.39 Å². The van der Waals surface area contributed by atoms with Gasteiger partial charge in [0.1, 0.15) is 18.2 Å². The average Bonchev–Trinajstić information content (AvgIpc) is 3.38. The molecule has 0 radical (unpaired) electrons. The van der Waals surface area contributed by atoms with Crippen molar-refractivity contribution in [1.29, 1.82) is 0 Å². The Morgan fingerprint density at radius 2 is 1.69 bits per heavy atom. The standard InChI is InChI=1S/C30H25ClF2N2O/c31-24-12-11-23(27(32)18-24)19-36-30-9-3-8-29(35-30)26-13-10-20(16-28(26)33)15-21-5-1-2-6-22(21)17-25-7-4-14-34-25/h1-14,16,18,21-22,34H,15,17,19H2. The topological polar surface area (TPSA) is 37.9 Å². The molecular weight excluding hydrogens is 478 g/mol. The molecule has 36 heavy (non-hydrogen) atoms. The quantitative estimate of drug-likeness (QED) is 0.267. The number of aromatic amines is 1. The summed E-state index contributed by atoms with van der Waals surface area (Å²) in [7, 11) is 0. The molecule has 0 bridgehead atoms. The van der Waals surface area contributed by atoms with Gasteiger partial charge >= 0.3 is 0 Å². The number of rotatable bonds is 8. The van der Waals surface area contributed by atoms with Crippen LogP contribution in [0, 0.1) is 23.5 Å². The molecule has 182 valence electrons. The van der Waals surface area contributed by atoms with E-state index in [0.717, 1.165) is 18.4 Å². The van der Waals surface area contributed by atoms with Gasteiger partial charge in [-0.05, 0) is 72.7 Å². The number of pyridine rings is 1. The Bertz CT molecular complexity index is 1400. The van der Waals surface area contributed by atoms with Crippen LogP contribution in [0.5, 0.6) is 5.88 Å². The zero-order valence-corrected chi connectivity index (χ0v) is 20.3. The van der Waals surface area contributed by atoms with E-state index < -0.39 is 5.82 Å². The Morgan fingerprint density at radius 1 is 0.861 bits per heavy atom. The maximum absolute atomic E-state index is 15.2. The summed E-state index contributed by atoms with van der Waals surface area (Å²) in [5.74, 6) is 0.136. The van der Waals surface area contributed by atoms with Crippen LogP contribution in [-0.2, 0) is 19.4 Å². The first-order chi connectivity index (χ1) is 17.5. The lowest BCUT2D eigenvalue weighted by Crippen LogP contribution is -2.18. The molecule has 0 aliphatic heterocycles. The minimum absolute atomic E-state index is 0.00607. The number of ether oxygens (including phenoxy) is 1. The van der Waals surface area contributed by atoms with E-state index in [1.165, 1.54) is 11.8 Å². The molecule has 4 aromatic rings. The highest BCUT2D eigenvalue weighted by Gasteiger charge is 2.21. The normalized spacial score (nSPS) is 16.9. The summed E-state index contributed by atoms with van der Waals surface area (Å²) in [5, 5.41) is 0.322. The molecule has 2 aromatic carbocycles. The smallest absolute Gasteiger partial charge is 0.214 e. The molecule has 0 saturated carbocycles. The number of nitrogens with zero attached hydrogens (tertiary/aromatic N) is 1. The lowest BCUT2D eigenvalue weighted by Gasteiger charge is -2.24. The van der Waals surface area contributed by atoms with Crippen LogP contribution in [0.15, 0.2) is 97.2 Å². The minimum Gasteiger partial charge on any atom is -0.473 e. The molecule has 0 saturated heterocycles. The van der Waals surface area contributed by atoms with E-state index in [-0.39, 0.29) is 24.2 Å². The van der Waals surface area contributed by atoms with Crippen molar-refractivity contribution in [2.24, 2.45) is 11.8 Å². The fraction of sp³-hybridized carbons (Fsp3) is 0.167. The molecule has 1 aliphatic carbocycles. The van der Waals surface area contributed by atoms with Crippen molar-refractivity contribution in [3.8, 4) is 17.1 Å². The van der Waals surface area contributed by atoms with Gasteiger partial charge in [-0.15, -0.1) is 0 Å². The number of benzene rings is 2. The molecule has 5 rings (SSSR count). The van der Waals surface area contributed by atoms with Crippen molar-refractivity contribution < 1.29 is 13.5 Å². The fourth-order valence-corrected chi connectivity index (χ4v) is 4.65. The van der Waals surface area contributed by atoms with E-state index in [1.807, 2.05) is 18.3 Å². The molecule has 2 heterocycles. The molecule has 2 aromatic heterocycles. The summed E-state index contributed by atoms with van der Waals surface area (Å²) in [4.78, 5) is 7.70. The second-order valence-electron chi connectivity index (χ2n) is 8.90. The van der Waals surface area contributed by atoms with Crippen LogP contribution >= 0.6 is 11.6 Å². The van der Waals surface area contributed by atoms with Crippen LogP contribution in [0.2, 0.25) is 5.02 Å². The minimum atomic E-state index is -0.446. The van der Waals surface area contributed by atoms with Gasteiger partial charge in [-0.3, -0.25) is 0 Å². The molecule has 1 aliphatic rings. The summed E-state index contributed by atoms with van der Waals surface area (Å²) >= 11 is 5.80. The van der Waals surface area contributed by atoms with Crippen molar-refractivity contribution in [3.05, 3.63) is 131 Å². The molecule has 2 unspecified atom stereocenters. The number of H-pyrrole nitrogens is 1. The lowest BCUT2D eigenvalue weighted by atomic mass is 9.81. The Kier molecular flexibility index (Phi) is 7.28. The van der Waals surface area contributed by atoms with Gasteiger partial charge in [0.25, 0.3) is 0 Å². The first-order valence-corrected chi connectivity index (χ1v) is 12.2. The number of hydrogen-bond donors (Lipinski definition) is 1. The molecule has 6 heteroatoms. The van der Waals surface area contributed by atoms with Crippen LogP contribution in [0.25, 0.3) is 11.3 Å². The third-order valence-electron chi connectivity index (χ3n) is 6.39. The maximum atomic E-state index is 15.2. The number of halogens is 3. The average molecular weight is 503 g/mol. The van der Waals surface area contributed by atoms with Crippen molar-refractivity contribution in [2.45, 2.75) is 19.4 Å². The SMILES string of the molecule is Fc1cc(Cl)ccc1COc1cccc(-c2ccc(CC3C=CC=CC3Cc3ccc[nH]3)cc2F)n1. The van der Waals surface area contributed by atoms with Gasteiger partial charge in [0.2, 0.25) is 5.88 Å². The molecule has 0 fully saturated rings. The zero-order valence-electron chi connectivity index (χ0n) is 19.5. The van der Waals surface area contributed by atoms with Gasteiger partial charge in [-0.25, -0.2) is 13.8 Å². The molecular formula is C30H25ClF2N2O. The Labute approximate surface area is 214 Å². The number of aromatic nitrogens is 2. The van der Waals surface area contributed by atoms with Crippen molar-refractivity contribution >= 4 is 11.6 Å². The highest BCUT2D eigenvalue weighted by atomic mass is 35.5. The summed E-state index contributed by atoms with van der Waals surface area (Å²) < 4.78 is 34.9. The van der Waals surface area contributed by atoms with E-state index in [0.29, 0.717) is 27.8 Å². The van der Waals surface area contributed by atoms with Gasteiger partial charge < -0.3 is 9.72 Å². The number of hydrogen-bond acceptors (Lipinski definition) is 2. The Balaban J connectivity index is 1.28. The first-order valence-electron chi connectivity index (χ1n) is 11.8. The third-order valence-corrected chi connectivity index (χ3v) is 6.63. The summed E-state index contributed by atoms with van der Waals surface area (Å²) in [6, 6.07) is 18.9. The molecule has 1 N–H and O–H groups in total. The molecule has 0 amide bonds.